The zero-order chi connectivity index (χ0) is 10.6. The molecule has 0 aromatic rings. The largest absolute Gasteiger partial charge is 0.383 e. The van der Waals surface area contributed by atoms with E-state index < -0.39 is 5.60 Å². The normalized spacial score (nSPS) is 49.6. The molecule has 2 saturated carbocycles. The smallest absolute Gasteiger partial charge is 0.107 e. The van der Waals surface area contributed by atoms with E-state index in [0.29, 0.717) is 5.92 Å². The first-order valence-corrected chi connectivity index (χ1v) is 6.24. The fourth-order valence-electron chi connectivity index (χ4n) is 3.27. The Morgan fingerprint density at radius 2 is 2.21 bits per heavy atom. The van der Waals surface area contributed by atoms with E-state index in [1.54, 1.807) is 0 Å². The summed E-state index contributed by atoms with van der Waals surface area (Å²) < 4.78 is -0.267. The van der Waals surface area contributed by atoms with E-state index in [2.05, 4.69) is 38.3 Å². The molecule has 14 heavy (non-hydrogen) atoms. The number of hydrogen-bond acceptors (Lipinski definition) is 3. The highest BCUT2D eigenvalue weighted by Crippen LogP contribution is 2.64. The molecular formula is C11H18OS2. The van der Waals surface area contributed by atoms with Crippen LogP contribution in [0.15, 0.2) is 11.6 Å². The van der Waals surface area contributed by atoms with Gasteiger partial charge in [-0.15, -0.1) is 0 Å². The van der Waals surface area contributed by atoms with Crippen molar-refractivity contribution in [3.8, 4) is 0 Å². The second kappa shape index (κ2) is 3.19. The minimum Gasteiger partial charge on any atom is -0.383 e. The fraction of sp³-hybridized carbons (Fsp3) is 0.818. The third-order valence-electron chi connectivity index (χ3n) is 4.27. The third-order valence-corrected chi connectivity index (χ3v) is 5.12. The summed E-state index contributed by atoms with van der Waals surface area (Å²) in [6.07, 6.45) is 5.35. The van der Waals surface area contributed by atoms with Crippen LogP contribution >= 0.6 is 25.3 Å². The van der Waals surface area contributed by atoms with Crippen molar-refractivity contribution < 1.29 is 5.11 Å². The molecule has 0 aliphatic heterocycles. The van der Waals surface area contributed by atoms with Gasteiger partial charge >= 0.3 is 0 Å². The Morgan fingerprint density at radius 1 is 1.57 bits per heavy atom. The zero-order valence-electron chi connectivity index (χ0n) is 8.70. The second-order valence-electron chi connectivity index (χ2n) is 4.86. The number of aliphatic hydroxyl groups is 1. The predicted molar refractivity (Wildman–Crippen MR) is 65.9 cm³/mol. The van der Waals surface area contributed by atoms with Gasteiger partial charge in [-0.05, 0) is 43.1 Å². The van der Waals surface area contributed by atoms with Crippen LogP contribution in [0.25, 0.3) is 0 Å². The van der Waals surface area contributed by atoms with Crippen LogP contribution in [-0.2, 0) is 0 Å². The summed E-state index contributed by atoms with van der Waals surface area (Å²) in [5.41, 5.74) is 0.612. The number of thiol groups is 2. The lowest BCUT2D eigenvalue weighted by Gasteiger charge is -2.43. The molecule has 80 valence electrons. The Balaban J connectivity index is 2.40. The summed E-state index contributed by atoms with van der Waals surface area (Å²) in [5.74, 6) is 0.639. The first-order chi connectivity index (χ1) is 6.45. The van der Waals surface area contributed by atoms with Crippen LogP contribution in [0.3, 0.4) is 0 Å². The maximum absolute atomic E-state index is 10.6. The number of fused-ring (bicyclic) bond motifs is 1. The van der Waals surface area contributed by atoms with Gasteiger partial charge in [-0.3, -0.25) is 0 Å². The Kier molecular flexibility index (Phi) is 2.49. The molecule has 0 spiro atoms. The van der Waals surface area contributed by atoms with Gasteiger partial charge in [0.1, 0.15) is 5.60 Å². The molecule has 0 unspecified atom stereocenters. The van der Waals surface area contributed by atoms with Gasteiger partial charge in [0.25, 0.3) is 0 Å². The highest BCUT2D eigenvalue weighted by molar-refractivity contribution is 7.99. The van der Waals surface area contributed by atoms with Crippen molar-refractivity contribution in [2.24, 2.45) is 11.3 Å². The standard InChI is InChI=1S/C11H18OS2/c1-3-8-10(2)5-4-7(10)6-11(8,12)9(13)14/h3,7,9,12-14H,4-6H2,1-2H3/b8-3+/t7-,10+,11+/m1/s1. The molecule has 0 bridgehead atoms. The summed E-state index contributed by atoms with van der Waals surface area (Å²) >= 11 is 8.62. The van der Waals surface area contributed by atoms with E-state index >= 15 is 0 Å². The summed E-state index contributed by atoms with van der Waals surface area (Å²) in [5, 5.41) is 10.6. The number of rotatable bonds is 1. The van der Waals surface area contributed by atoms with Crippen LogP contribution < -0.4 is 0 Å². The van der Waals surface area contributed by atoms with Crippen LogP contribution in [-0.4, -0.2) is 15.3 Å². The van der Waals surface area contributed by atoms with E-state index in [-0.39, 0.29) is 10.00 Å². The zero-order valence-corrected chi connectivity index (χ0v) is 10.5. The maximum atomic E-state index is 10.6. The van der Waals surface area contributed by atoms with Crippen LogP contribution in [0, 0.1) is 11.3 Å². The molecule has 3 heteroatoms. The van der Waals surface area contributed by atoms with E-state index in [0.717, 1.165) is 12.0 Å². The van der Waals surface area contributed by atoms with Gasteiger partial charge < -0.3 is 5.11 Å². The second-order valence-corrected chi connectivity index (χ2v) is 6.30. The quantitative estimate of drug-likeness (QED) is 0.359. The van der Waals surface area contributed by atoms with Crippen LogP contribution in [0.2, 0.25) is 0 Å². The molecule has 2 fully saturated rings. The van der Waals surface area contributed by atoms with Crippen molar-refractivity contribution >= 4 is 25.3 Å². The van der Waals surface area contributed by atoms with Gasteiger partial charge in [-0.25, -0.2) is 0 Å². The molecule has 0 saturated heterocycles. The van der Waals surface area contributed by atoms with Gasteiger partial charge in [-0.2, -0.15) is 25.3 Å². The Hall–Kier alpha value is 0.400. The minimum absolute atomic E-state index is 0.229. The molecule has 0 heterocycles. The molecule has 2 rings (SSSR count). The monoisotopic (exact) mass is 230 g/mol. The van der Waals surface area contributed by atoms with Crippen molar-refractivity contribution in [1.82, 2.24) is 0 Å². The average Bonchev–Trinajstić information content (AvgIpc) is 2.26. The van der Waals surface area contributed by atoms with Gasteiger partial charge in [0, 0.05) is 0 Å². The summed E-state index contributed by atoms with van der Waals surface area (Å²) in [6.45, 7) is 4.27. The Bertz CT molecular complexity index is 287. The van der Waals surface area contributed by atoms with Crippen LogP contribution in [0.4, 0.5) is 0 Å². The van der Waals surface area contributed by atoms with Crippen molar-refractivity contribution in [3.63, 3.8) is 0 Å². The Labute approximate surface area is 96.8 Å². The Morgan fingerprint density at radius 3 is 2.57 bits per heavy atom. The SMILES string of the molecule is C/C=C1/[C@](O)(C(S)S)C[C@H]2CC[C@]12C. The summed E-state index contributed by atoms with van der Waals surface area (Å²) in [6, 6.07) is 0. The molecule has 1 nitrogen and oxygen atoms in total. The van der Waals surface area contributed by atoms with Gasteiger partial charge in [0.2, 0.25) is 0 Å². The van der Waals surface area contributed by atoms with E-state index in [9.17, 15) is 5.11 Å². The number of allylic oxidation sites excluding steroid dienone is 1. The van der Waals surface area contributed by atoms with Crippen LogP contribution in [0.5, 0.6) is 0 Å². The molecule has 0 amide bonds. The molecule has 2 aliphatic rings. The van der Waals surface area contributed by atoms with E-state index in [4.69, 9.17) is 0 Å². The first-order valence-electron chi connectivity index (χ1n) is 5.21. The van der Waals surface area contributed by atoms with E-state index in [1.165, 1.54) is 12.8 Å². The average molecular weight is 230 g/mol. The highest BCUT2D eigenvalue weighted by atomic mass is 32.2. The van der Waals surface area contributed by atoms with Crippen LogP contribution in [0.1, 0.15) is 33.1 Å². The lowest BCUT2D eigenvalue weighted by Crippen LogP contribution is -2.38. The molecule has 1 N–H and O–H groups in total. The van der Waals surface area contributed by atoms with Gasteiger partial charge in [-0.1, -0.05) is 13.0 Å². The summed E-state index contributed by atoms with van der Waals surface area (Å²) in [7, 11) is 0. The van der Waals surface area contributed by atoms with Crippen molar-refractivity contribution in [1.29, 1.82) is 0 Å². The first kappa shape index (κ1) is 10.9. The highest BCUT2D eigenvalue weighted by Gasteiger charge is 2.60. The fourth-order valence-corrected chi connectivity index (χ4v) is 3.76. The van der Waals surface area contributed by atoms with Gasteiger partial charge in [0.15, 0.2) is 0 Å². The molecule has 2 aliphatic carbocycles. The molecule has 0 aromatic heterocycles. The maximum Gasteiger partial charge on any atom is 0.107 e. The topological polar surface area (TPSA) is 20.2 Å². The number of hydrogen-bond donors (Lipinski definition) is 3. The van der Waals surface area contributed by atoms with Gasteiger partial charge in [0.05, 0.1) is 4.58 Å². The molecule has 0 radical (unpaired) electrons. The predicted octanol–water partition coefficient (Wildman–Crippen LogP) is 2.67. The lowest BCUT2D eigenvalue weighted by atomic mass is 9.61. The van der Waals surface area contributed by atoms with Crippen molar-refractivity contribution in [2.45, 2.75) is 43.3 Å². The molecule has 0 aromatic carbocycles. The lowest BCUT2D eigenvalue weighted by molar-refractivity contribution is 0.0903. The van der Waals surface area contributed by atoms with E-state index in [1.807, 2.05) is 6.92 Å². The summed E-state index contributed by atoms with van der Waals surface area (Å²) in [4.78, 5) is 0. The van der Waals surface area contributed by atoms with Crippen molar-refractivity contribution in [2.75, 3.05) is 0 Å². The molecule has 3 atom stereocenters. The van der Waals surface area contributed by atoms with Crippen molar-refractivity contribution in [3.05, 3.63) is 11.6 Å². The minimum atomic E-state index is -0.781. The third kappa shape index (κ3) is 1.15. The molecular weight excluding hydrogens is 212 g/mol.